The van der Waals surface area contributed by atoms with Crippen molar-refractivity contribution in [1.29, 1.82) is 0 Å². The molecule has 0 radical (unpaired) electrons. The summed E-state index contributed by atoms with van der Waals surface area (Å²) in [6, 6.07) is 14.3. The zero-order valence-corrected chi connectivity index (χ0v) is 15.5. The molecule has 134 valence electrons. The largest absolute Gasteiger partial charge is 0.391 e. The number of thioether (sulfide) groups is 1. The van der Waals surface area contributed by atoms with Crippen LogP contribution in [0.3, 0.4) is 0 Å². The monoisotopic (exact) mass is 380 g/mol. The van der Waals surface area contributed by atoms with E-state index in [0.717, 1.165) is 41.8 Å². The van der Waals surface area contributed by atoms with Crippen molar-refractivity contribution in [2.75, 3.05) is 43.4 Å². The van der Waals surface area contributed by atoms with Crippen LogP contribution >= 0.6 is 23.4 Å². The first-order chi connectivity index (χ1) is 12.1. The third-order valence-electron chi connectivity index (χ3n) is 4.27. The number of nitrogens with zero attached hydrogens (tertiary/aromatic N) is 2. The maximum atomic E-state index is 12.9. The fourth-order valence-corrected chi connectivity index (χ4v) is 3.94. The number of anilines is 1. The predicted octanol–water partition coefficient (Wildman–Crippen LogP) is 3.75. The minimum absolute atomic E-state index is 0.234. The number of β-amino-alcohol motifs (C(OH)–C–C–N with tert-alkyl or cyclic N) is 1. The molecule has 3 rings (SSSR count). The van der Waals surface area contributed by atoms with Crippen LogP contribution in [0.4, 0.5) is 10.1 Å². The third-order valence-corrected chi connectivity index (χ3v) is 5.66. The molecule has 25 heavy (non-hydrogen) atoms. The summed E-state index contributed by atoms with van der Waals surface area (Å²) in [5, 5.41) is 11.0. The van der Waals surface area contributed by atoms with Gasteiger partial charge in [-0.3, -0.25) is 4.90 Å². The number of piperazine rings is 1. The lowest BCUT2D eigenvalue weighted by atomic mass is 10.2. The van der Waals surface area contributed by atoms with E-state index in [1.165, 1.54) is 12.1 Å². The van der Waals surface area contributed by atoms with E-state index in [1.807, 2.05) is 18.2 Å². The summed E-state index contributed by atoms with van der Waals surface area (Å²) >= 11 is 7.62. The summed E-state index contributed by atoms with van der Waals surface area (Å²) in [5.74, 6) is 0.377. The number of aliphatic hydroxyl groups excluding tert-OH is 1. The standard InChI is InChI=1S/C19H22ClFN2OS/c20-15-2-1-3-17(12-15)23-10-8-22(9-11-23)13-18(24)14-25-19-6-4-16(21)5-7-19/h1-7,12,18,24H,8-11,13-14H2/t18-/m0/s1. The Morgan fingerprint density at radius 3 is 2.48 bits per heavy atom. The molecule has 1 aliphatic rings. The van der Waals surface area contributed by atoms with Crippen molar-refractivity contribution in [2.24, 2.45) is 0 Å². The summed E-state index contributed by atoms with van der Waals surface area (Å²) in [6.07, 6.45) is -0.396. The zero-order valence-electron chi connectivity index (χ0n) is 13.9. The van der Waals surface area contributed by atoms with Gasteiger partial charge in [-0.25, -0.2) is 4.39 Å². The molecule has 0 aliphatic carbocycles. The highest BCUT2D eigenvalue weighted by Gasteiger charge is 2.19. The van der Waals surface area contributed by atoms with Crippen molar-refractivity contribution in [1.82, 2.24) is 4.90 Å². The van der Waals surface area contributed by atoms with E-state index in [9.17, 15) is 9.50 Å². The van der Waals surface area contributed by atoms with Gasteiger partial charge in [0.05, 0.1) is 6.10 Å². The molecule has 0 bridgehead atoms. The predicted molar refractivity (Wildman–Crippen MR) is 103 cm³/mol. The number of halogens is 2. The van der Waals surface area contributed by atoms with Gasteiger partial charge in [0.1, 0.15) is 5.82 Å². The van der Waals surface area contributed by atoms with Crippen LogP contribution in [0, 0.1) is 5.82 Å². The summed E-state index contributed by atoms with van der Waals surface area (Å²) in [7, 11) is 0. The topological polar surface area (TPSA) is 26.7 Å². The molecule has 1 aliphatic heterocycles. The van der Waals surface area contributed by atoms with Gasteiger partial charge in [-0.1, -0.05) is 17.7 Å². The first-order valence-electron chi connectivity index (χ1n) is 8.39. The second-order valence-corrected chi connectivity index (χ2v) is 7.72. The smallest absolute Gasteiger partial charge is 0.123 e. The number of rotatable bonds is 6. The van der Waals surface area contributed by atoms with Gasteiger partial charge in [0.25, 0.3) is 0 Å². The average molecular weight is 381 g/mol. The molecule has 6 heteroatoms. The van der Waals surface area contributed by atoms with E-state index in [-0.39, 0.29) is 5.82 Å². The Bertz CT molecular complexity index is 677. The molecule has 0 unspecified atom stereocenters. The Hall–Kier alpha value is -1.27. The highest BCUT2D eigenvalue weighted by molar-refractivity contribution is 7.99. The van der Waals surface area contributed by atoms with Crippen molar-refractivity contribution in [3.05, 3.63) is 59.4 Å². The molecule has 1 heterocycles. The second-order valence-electron chi connectivity index (χ2n) is 6.19. The maximum Gasteiger partial charge on any atom is 0.123 e. The second kappa shape index (κ2) is 8.90. The Balaban J connectivity index is 1.41. The molecule has 1 fully saturated rings. The molecule has 0 saturated carbocycles. The summed E-state index contributed by atoms with van der Waals surface area (Å²) in [6.45, 7) is 4.36. The number of hydrogen-bond donors (Lipinski definition) is 1. The summed E-state index contributed by atoms with van der Waals surface area (Å²) in [5.41, 5.74) is 1.15. The Labute approximate surface area is 157 Å². The molecule has 1 atom stereocenters. The van der Waals surface area contributed by atoms with Crippen LogP contribution in [0.15, 0.2) is 53.4 Å². The van der Waals surface area contributed by atoms with Crippen molar-refractivity contribution < 1.29 is 9.50 Å². The van der Waals surface area contributed by atoms with Crippen LogP contribution in [0.5, 0.6) is 0 Å². The molecule has 1 N–H and O–H groups in total. The molecule has 1 saturated heterocycles. The minimum Gasteiger partial charge on any atom is -0.391 e. The number of hydrogen-bond acceptors (Lipinski definition) is 4. The van der Waals surface area contributed by atoms with Crippen molar-refractivity contribution in [3.63, 3.8) is 0 Å². The van der Waals surface area contributed by atoms with Crippen molar-refractivity contribution in [3.8, 4) is 0 Å². The fraction of sp³-hybridized carbons (Fsp3) is 0.368. The van der Waals surface area contributed by atoms with E-state index in [4.69, 9.17) is 11.6 Å². The Morgan fingerprint density at radius 1 is 1.08 bits per heavy atom. The normalized spacial score (nSPS) is 16.8. The van der Waals surface area contributed by atoms with Crippen LogP contribution in [0.25, 0.3) is 0 Å². The first kappa shape index (κ1) is 18.5. The van der Waals surface area contributed by atoms with Crippen molar-refractivity contribution >= 4 is 29.1 Å². The minimum atomic E-state index is -0.396. The highest BCUT2D eigenvalue weighted by atomic mass is 35.5. The van der Waals surface area contributed by atoms with Gasteiger partial charge in [0.15, 0.2) is 0 Å². The third kappa shape index (κ3) is 5.61. The van der Waals surface area contributed by atoms with Crippen LogP contribution in [0.2, 0.25) is 5.02 Å². The molecule has 2 aromatic rings. The van der Waals surface area contributed by atoms with E-state index < -0.39 is 6.10 Å². The molecule has 0 aromatic heterocycles. The van der Waals surface area contributed by atoms with Gasteiger partial charge < -0.3 is 10.0 Å². The summed E-state index contributed by atoms with van der Waals surface area (Å²) in [4.78, 5) is 5.59. The fourth-order valence-electron chi connectivity index (χ4n) is 2.94. The molecule has 0 amide bonds. The quantitative estimate of drug-likeness (QED) is 0.772. The lowest BCUT2D eigenvalue weighted by Crippen LogP contribution is -2.48. The SMILES string of the molecule is O[C@H](CSc1ccc(F)cc1)CN1CCN(c2cccc(Cl)c2)CC1. The van der Waals surface area contributed by atoms with Crippen LogP contribution < -0.4 is 4.90 Å². The van der Waals surface area contributed by atoms with Gasteiger partial charge >= 0.3 is 0 Å². The van der Waals surface area contributed by atoms with E-state index in [1.54, 1.807) is 23.9 Å². The van der Waals surface area contributed by atoms with E-state index in [2.05, 4.69) is 15.9 Å². The number of benzene rings is 2. The lowest BCUT2D eigenvalue weighted by molar-refractivity contribution is 0.126. The number of aliphatic hydroxyl groups is 1. The lowest BCUT2D eigenvalue weighted by Gasteiger charge is -2.37. The molecule has 0 spiro atoms. The van der Waals surface area contributed by atoms with E-state index >= 15 is 0 Å². The zero-order chi connectivity index (χ0) is 17.6. The van der Waals surface area contributed by atoms with Crippen LogP contribution in [0.1, 0.15) is 0 Å². The van der Waals surface area contributed by atoms with Gasteiger partial charge in [-0.2, -0.15) is 0 Å². The van der Waals surface area contributed by atoms with Gasteiger partial charge in [-0.15, -0.1) is 11.8 Å². The Kier molecular flexibility index (Phi) is 6.59. The molecular formula is C19H22ClFN2OS. The van der Waals surface area contributed by atoms with Gasteiger partial charge in [0, 0.05) is 54.1 Å². The first-order valence-corrected chi connectivity index (χ1v) is 9.76. The summed E-state index contributed by atoms with van der Waals surface area (Å²) < 4.78 is 12.9. The van der Waals surface area contributed by atoms with Crippen LogP contribution in [-0.2, 0) is 0 Å². The average Bonchev–Trinajstić information content (AvgIpc) is 2.62. The highest BCUT2D eigenvalue weighted by Crippen LogP contribution is 2.22. The maximum absolute atomic E-state index is 12.9. The molecule has 3 nitrogen and oxygen atoms in total. The van der Waals surface area contributed by atoms with Gasteiger partial charge in [0.2, 0.25) is 0 Å². The molecular weight excluding hydrogens is 359 g/mol. The van der Waals surface area contributed by atoms with Crippen LogP contribution in [-0.4, -0.2) is 54.6 Å². The molecule has 2 aromatic carbocycles. The van der Waals surface area contributed by atoms with Crippen molar-refractivity contribution in [2.45, 2.75) is 11.0 Å². The Morgan fingerprint density at radius 2 is 1.80 bits per heavy atom. The van der Waals surface area contributed by atoms with Gasteiger partial charge in [-0.05, 0) is 42.5 Å². The van der Waals surface area contributed by atoms with E-state index in [0.29, 0.717) is 12.3 Å².